The van der Waals surface area contributed by atoms with E-state index >= 15 is 0 Å². The molecule has 6 rings (SSSR count). The lowest BCUT2D eigenvalue weighted by atomic mass is 9.39. The van der Waals surface area contributed by atoms with Crippen LogP contribution in [0.25, 0.3) is 11.1 Å². The Hall–Kier alpha value is -2.86. The van der Waals surface area contributed by atoms with Crippen molar-refractivity contribution in [3.63, 3.8) is 0 Å². The molecule has 0 saturated heterocycles. The second-order valence-electron chi connectivity index (χ2n) is 11.0. The maximum atomic E-state index is 12.6. The Morgan fingerprint density at radius 2 is 1.58 bits per heavy atom. The Labute approximate surface area is 194 Å². The topological polar surface area (TPSA) is 84.9 Å². The van der Waals surface area contributed by atoms with Crippen LogP contribution in [0.1, 0.15) is 63.5 Å². The van der Waals surface area contributed by atoms with Crippen molar-refractivity contribution in [3.8, 4) is 11.1 Å². The molecule has 6 heteroatoms. The smallest absolute Gasteiger partial charge is 0.407 e. The highest BCUT2D eigenvalue weighted by Crippen LogP contribution is 2.71. The summed E-state index contributed by atoms with van der Waals surface area (Å²) in [6, 6.07) is 15.3. The van der Waals surface area contributed by atoms with E-state index in [1.165, 1.54) is 0 Å². The third kappa shape index (κ3) is 4.01. The first-order valence-electron chi connectivity index (χ1n) is 11.6. The van der Waals surface area contributed by atoms with Crippen LogP contribution in [0.4, 0.5) is 4.79 Å². The van der Waals surface area contributed by atoms with Gasteiger partial charge in [-0.3, -0.25) is 0 Å². The molecule has 4 aliphatic rings. The minimum Gasteiger partial charge on any atom is -0.480 e. The molecule has 0 heterocycles. The van der Waals surface area contributed by atoms with Gasteiger partial charge >= 0.3 is 12.1 Å². The average molecular weight is 450 g/mol. The molecule has 2 aromatic carbocycles. The average Bonchev–Trinajstić information content (AvgIpc) is 3.02. The van der Waals surface area contributed by atoms with Gasteiger partial charge in [-0.05, 0) is 74.1 Å². The van der Waals surface area contributed by atoms with Crippen LogP contribution in [0, 0.1) is 5.41 Å². The molecule has 174 valence electrons. The molecule has 0 unspecified atom stereocenters. The second-order valence-corrected chi connectivity index (χ2v) is 11.0. The molecule has 0 spiro atoms. The lowest BCUT2D eigenvalue weighted by molar-refractivity contribution is -0.320. The van der Waals surface area contributed by atoms with E-state index in [1.54, 1.807) is 0 Å². The number of rotatable bonds is 7. The molecular weight excluding hydrogens is 418 g/mol. The molecule has 33 heavy (non-hydrogen) atoms. The van der Waals surface area contributed by atoms with Crippen LogP contribution in [0.3, 0.4) is 0 Å². The van der Waals surface area contributed by atoms with Gasteiger partial charge < -0.3 is 19.9 Å². The van der Waals surface area contributed by atoms with Gasteiger partial charge in [0, 0.05) is 5.92 Å². The lowest BCUT2D eigenvalue weighted by Gasteiger charge is -2.71. The minimum atomic E-state index is -1.03. The third-order valence-corrected chi connectivity index (χ3v) is 7.19. The third-order valence-electron chi connectivity index (χ3n) is 7.19. The molecule has 0 radical (unpaired) electrons. The number of amides is 1. The Kier molecular flexibility index (Phi) is 5.05. The number of carbonyl (C=O) groups excluding carboxylic acids is 1. The molecule has 1 atom stereocenters. The Bertz CT molecular complexity index is 1040. The SMILES string of the molecule is CC(C)(C)OC12CC(C[C@H](NC(=O)OCC3c4ccccc4-c4ccccc43)C(=O)O)(C1)C2. The molecule has 3 saturated carbocycles. The van der Waals surface area contributed by atoms with Gasteiger partial charge in [-0.25, -0.2) is 9.59 Å². The predicted molar refractivity (Wildman–Crippen MR) is 124 cm³/mol. The first-order chi connectivity index (χ1) is 15.6. The fraction of sp³-hybridized carbons (Fsp3) is 0.481. The van der Waals surface area contributed by atoms with Gasteiger partial charge in [0.25, 0.3) is 0 Å². The van der Waals surface area contributed by atoms with Crippen molar-refractivity contribution in [2.45, 2.75) is 69.6 Å². The van der Waals surface area contributed by atoms with E-state index in [1.807, 2.05) is 45.0 Å². The van der Waals surface area contributed by atoms with Gasteiger partial charge in [0.1, 0.15) is 12.6 Å². The number of alkyl carbamates (subject to hydrolysis) is 1. The molecule has 1 amide bonds. The zero-order chi connectivity index (χ0) is 23.4. The van der Waals surface area contributed by atoms with E-state index in [2.05, 4.69) is 29.6 Å². The fourth-order valence-corrected chi connectivity index (χ4v) is 6.28. The summed E-state index contributed by atoms with van der Waals surface area (Å²) < 4.78 is 11.7. The summed E-state index contributed by atoms with van der Waals surface area (Å²) in [5.41, 5.74) is 4.19. The highest BCUT2D eigenvalue weighted by Gasteiger charge is 2.70. The van der Waals surface area contributed by atoms with Crippen molar-refractivity contribution in [2.24, 2.45) is 5.41 Å². The van der Waals surface area contributed by atoms with Crippen molar-refractivity contribution >= 4 is 12.1 Å². The number of benzene rings is 2. The van der Waals surface area contributed by atoms with Gasteiger partial charge in [-0.15, -0.1) is 0 Å². The van der Waals surface area contributed by atoms with Gasteiger partial charge in [-0.1, -0.05) is 48.5 Å². The molecule has 0 aromatic heterocycles. The van der Waals surface area contributed by atoms with Crippen molar-refractivity contribution in [3.05, 3.63) is 59.7 Å². The predicted octanol–water partition coefficient (Wildman–Crippen LogP) is 5.11. The standard InChI is InChI=1S/C27H31NO5/c1-25(2,3)33-27-14-26(15-27,16-27)12-22(23(29)30)28-24(31)32-13-21-19-10-6-4-8-17(19)18-9-5-7-11-20(18)21/h4-11,21-22H,12-16H2,1-3H3,(H,28,31)(H,29,30)/t22-,26?,27?/m0/s1. The molecule has 2 N–H and O–H groups in total. The summed E-state index contributed by atoms with van der Waals surface area (Å²) in [5, 5.41) is 12.3. The largest absolute Gasteiger partial charge is 0.480 e. The van der Waals surface area contributed by atoms with Crippen LogP contribution in [-0.2, 0) is 14.3 Å². The molecule has 3 fully saturated rings. The monoisotopic (exact) mass is 449 g/mol. The maximum Gasteiger partial charge on any atom is 0.407 e. The number of hydrogen-bond acceptors (Lipinski definition) is 4. The van der Waals surface area contributed by atoms with E-state index < -0.39 is 18.1 Å². The number of fused-ring (bicyclic) bond motifs is 3. The zero-order valence-corrected chi connectivity index (χ0v) is 19.4. The summed E-state index contributed by atoms with van der Waals surface area (Å²) >= 11 is 0. The quantitative estimate of drug-likeness (QED) is 0.614. The molecule has 2 bridgehead atoms. The second kappa shape index (κ2) is 7.59. The molecule has 4 aliphatic carbocycles. The van der Waals surface area contributed by atoms with E-state index in [0.29, 0.717) is 6.42 Å². The van der Waals surface area contributed by atoms with Crippen LogP contribution in [0.2, 0.25) is 0 Å². The van der Waals surface area contributed by atoms with E-state index in [-0.39, 0.29) is 29.1 Å². The number of carbonyl (C=O) groups is 2. The number of carboxylic acid groups (broad SMARTS) is 1. The zero-order valence-electron chi connectivity index (χ0n) is 19.4. The maximum absolute atomic E-state index is 12.6. The summed E-state index contributed by atoms with van der Waals surface area (Å²) in [5.74, 6) is -1.09. The normalized spacial score (nSPS) is 25.8. The van der Waals surface area contributed by atoms with Crippen LogP contribution < -0.4 is 5.32 Å². The Morgan fingerprint density at radius 3 is 2.09 bits per heavy atom. The first kappa shape index (κ1) is 22.0. The number of hydrogen-bond donors (Lipinski definition) is 2. The van der Waals surface area contributed by atoms with Crippen LogP contribution in [0.15, 0.2) is 48.5 Å². The van der Waals surface area contributed by atoms with Crippen molar-refractivity contribution in [1.82, 2.24) is 5.32 Å². The summed E-state index contributed by atoms with van der Waals surface area (Å²) in [7, 11) is 0. The lowest BCUT2D eigenvalue weighted by Crippen LogP contribution is -2.71. The van der Waals surface area contributed by atoms with Crippen LogP contribution >= 0.6 is 0 Å². The summed E-state index contributed by atoms with van der Waals surface area (Å²) in [4.78, 5) is 24.4. The molecule has 2 aromatic rings. The van der Waals surface area contributed by atoms with Crippen LogP contribution in [0.5, 0.6) is 0 Å². The van der Waals surface area contributed by atoms with E-state index in [4.69, 9.17) is 9.47 Å². The minimum absolute atomic E-state index is 0.0507. The van der Waals surface area contributed by atoms with Crippen molar-refractivity contribution in [1.29, 1.82) is 0 Å². The van der Waals surface area contributed by atoms with Gasteiger partial charge in [0.15, 0.2) is 0 Å². The van der Waals surface area contributed by atoms with Crippen LogP contribution in [-0.4, -0.2) is 41.0 Å². The molecule has 0 aliphatic heterocycles. The van der Waals surface area contributed by atoms with Gasteiger partial charge in [0.2, 0.25) is 0 Å². The number of nitrogens with one attached hydrogen (secondary N) is 1. The van der Waals surface area contributed by atoms with Gasteiger partial charge in [0.05, 0.1) is 11.2 Å². The van der Waals surface area contributed by atoms with Crippen molar-refractivity contribution < 1.29 is 24.2 Å². The number of carboxylic acids is 1. The number of aliphatic carboxylic acids is 1. The van der Waals surface area contributed by atoms with E-state index in [9.17, 15) is 14.7 Å². The molecular formula is C27H31NO5. The van der Waals surface area contributed by atoms with E-state index in [0.717, 1.165) is 41.5 Å². The number of ether oxygens (including phenoxy) is 2. The van der Waals surface area contributed by atoms with Gasteiger partial charge in [-0.2, -0.15) is 0 Å². The first-order valence-corrected chi connectivity index (χ1v) is 11.6. The fourth-order valence-electron chi connectivity index (χ4n) is 6.28. The highest BCUT2D eigenvalue weighted by molar-refractivity contribution is 5.81. The summed E-state index contributed by atoms with van der Waals surface area (Å²) in [6.45, 7) is 6.29. The van der Waals surface area contributed by atoms with Crippen molar-refractivity contribution in [2.75, 3.05) is 6.61 Å². The summed E-state index contributed by atoms with van der Waals surface area (Å²) in [6.07, 6.45) is 2.28. The Balaban J connectivity index is 1.19. The molecule has 6 nitrogen and oxygen atoms in total. The Morgan fingerprint density at radius 1 is 1.03 bits per heavy atom. The highest BCUT2D eigenvalue weighted by atomic mass is 16.5.